The number of aliphatic hydroxyl groups excluding tert-OH is 2. The molecule has 0 spiro atoms. The smallest absolute Gasteiger partial charge is 0.224 e. The number of hydrogen-bond acceptors (Lipinski definition) is 4. The Morgan fingerprint density at radius 3 is 2.40 bits per heavy atom. The van der Waals surface area contributed by atoms with Crippen LogP contribution >= 0.6 is 15.9 Å². The van der Waals surface area contributed by atoms with Gasteiger partial charge in [0.1, 0.15) is 5.75 Å². The number of ether oxygens (including phenoxy) is 1. The SMILES string of the molecule is CCC(CO)(CO)NC(=O)CCOc1ccc(Br)cc1. The second-order valence-corrected chi connectivity index (χ2v) is 5.47. The molecule has 0 saturated heterocycles. The Morgan fingerprint density at radius 1 is 1.30 bits per heavy atom. The lowest BCUT2D eigenvalue weighted by Gasteiger charge is -2.29. The zero-order chi connectivity index (χ0) is 15.0. The van der Waals surface area contributed by atoms with Crippen molar-refractivity contribution in [2.24, 2.45) is 0 Å². The van der Waals surface area contributed by atoms with Gasteiger partial charge in [0.2, 0.25) is 5.91 Å². The minimum atomic E-state index is -0.950. The highest BCUT2D eigenvalue weighted by atomic mass is 79.9. The molecular weight excluding hydrogens is 326 g/mol. The van der Waals surface area contributed by atoms with Crippen molar-refractivity contribution in [1.29, 1.82) is 0 Å². The van der Waals surface area contributed by atoms with Crippen LogP contribution in [0.1, 0.15) is 19.8 Å². The molecule has 6 heteroatoms. The fraction of sp³-hybridized carbons (Fsp3) is 0.500. The van der Waals surface area contributed by atoms with E-state index in [0.717, 1.165) is 4.47 Å². The average molecular weight is 346 g/mol. The number of benzene rings is 1. The van der Waals surface area contributed by atoms with Gasteiger partial charge in [0.25, 0.3) is 0 Å². The number of hydrogen-bond donors (Lipinski definition) is 3. The van der Waals surface area contributed by atoms with Crippen LogP contribution < -0.4 is 10.1 Å². The molecule has 0 unspecified atom stereocenters. The largest absolute Gasteiger partial charge is 0.493 e. The first-order valence-electron chi connectivity index (χ1n) is 6.46. The Kier molecular flexibility index (Phi) is 6.98. The normalized spacial score (nSPS) is 11.2. The lowest BCUT2D eigenvalue weighted by atomic mass is 9.98. The van der Waals surface area contributed by atoms with Gasteiger partial charge in [0, 0.05) is 4.47 Å². The molecule has 0 fully saturated rings. The molecule has 1 aromatic carbocycles. The van der Waals surface area contributed by atoms with E-state index in [1.54, 1.807) is 19.1 Å². The highest BCUT2D eigenvalue weighted by Crippen LogP contribution is 2.16. The van der Waals surface area contributed by atoms with Crippen LogP contribution in [0.4, 0.5) is 0 Å². The summed E-state index contributed by atoms with van der Waals surface area (Å²) in [6.07, 6.45) is 0.622. The van der Waals surface area contributed by atoms with E-state index >= 15 is 0 Å². The molecule has 112 valence electrons. The Labute approximate surface area is 127 Å². The molecule has 1 rings (SSSR count). The number of nitrogens with one attached hydrogen (secondary N) is 1. The second-order valence-electron chi connectivity index (χ2n) is 4.55. The van der Waals surface area contributed by atoms with Gasteiger partial charge in [-0.2, -0.15) is 0 Å². The van der Waals surface area contributed by atoms with E-state index < -0.39 is 5.54 Å². The summed E-state index contributed by atoms with van der Waals surface area (Å²) >= 11 is 3.33. The average Bonchev–Trinajstić information content (AvgIpc) is 2.47. The van der Waals surface area contributed by atoms with Crippen LogP contribution in [0.2, 0.25) is 0 Å². The van der Waals surface area contributed by atoms with E-state index in [-0.39, 0.29) is 32.1 Å². The quantitative estimate of drug-likeness (QED) is 0.666. The van der Waals surface area contributed by atoms with Gasteiger partial charge in [-0.1, -0.05) is 22.9 Å². The standard InChI is InChI=1S/C14H20BrNO4/c1-2-14(9-17,10-18)16-13(19)7-8-20-12-5-3-11(15)4-6-12/h3-6,17-18H,2,7-10H2,1H3,(H,16,19). The predicted octanol–water partition coefficient (Wildman–Crippen LogP) is 1.47. The Hall–Kier alpha value is -1.11. The van der Waals surface area contributed by atoms with Crippen molar-refractivity contribution in [2.45, 2.75) is 25.3 Å². The maximum Gasteiger partial charge on any atom is 0.224 e. The van der Waals surface area contributed by atoms with Crippen molar-refractivity contribution >= 4 is 21.8 Å². The van der Waals surface area contributed by atoms with E-state index in [2.05, 4.69) is 21.2 Å². The molecule has 1 aromatic rings. The second kappa shape index (κ2) is 8.24. The fourth-order valence-electron chi connectivity index (χ4n) is 1.59. The number of rotatable bonds is 8. The van der Waals surface area contributed by atoms with Gasteiger partial charge in [-0.15, -0.1) is 0 Å². The predicted molar refractivity (Wildman–Crippen MR) is 79.6 cm³/mol. The van der Waals surface area contributed by atoms with Crippen LogP contribution in [0.5, 0.6) is 5.75 Å². The van der Waals surface area contributed by atoms with Crippen molar-refractivity contribution in [2.75, 3.05) is 19.8 Å². The summed E-state index contributed by atoms with van der Waals surface area (Å²) in [5.41, 5.74) is -0.950. The summed E-state index contributed by atoms with van der Waals surface area (Å²) in [7, 11) is 0. The monoisotopic (exact) mass is 345 g/mol. The number of carbonyl (C=O) groups excluding carboxylic acids is 1. The van der Waals surface area contributed by atoms with Crippen LogP contribution in [0, 0.1) is 0 Å². The van der Waals surface area contributed by atoms with Crippen molar-refractivity contribution in [1.82, 2.24) is 5.32 Å². The summed E-state index contributed by atoms with van der Waals surface area (Å²) in [4.78, 5) is 11.8. The van der Waals surface area contributed by atoms with Gasteiger partial charge in [-0.05, 0) is 30.7 Å². The molecule has 0 aromatic heterocycles. The molecule has 3 N–H and O–H groups in total. The molecule has 0 saturated carbocycles. The third-order valence-corrected chi connectivity index (χ3v) is 3.63. The van der Waals surface area contributed by atoms with Crippen molar-refractivity contribution < 1.29 is 19.7 Å². The minimum absolute atomic E-state index is 0.164. The van der Waals surface area contributed by atoms with Gasteiger partial charge in [-0.25, -0.2) is 0 Å². The number of amides is 1. The van der Waals surface area contributed by atoms with E-state index in [1.165, 1.54) is 0 Å². The molecule has 0 aliphatic heterocycles. The van der Waals surface area contributed by atoms with Gasteiger partial charge in [0.05, 0.1) is 31.8 Å². The van der Waals surface area contributed by atoms with Crippen LogP contribution in [-0.4, -0.2) is 41.5 Å². The lowest BCUT2D eigenvalue weighted by molar-refractivity contribution is -0.125. The molecule has 0 radical (unpaired) electrons. The van der Waals surface area contributed by atoms with Gasteiger partial charge < -0.3 is 20.3 Å². The Bertz CT molecular complexity index is 409. The minimum Gasteiger partial charge on any atom is -0.493 e. The van der Waals surface area contributed by atoms with Crippen molar-refractivity contribution in [3.63, 3.8) is 0 Å². The maximum atomic E-state index is 11.8. The first-order valence-corrected chi connectivity index (χ1v) is 7.25. The zero-order valence-corrected chi connectivity index (χ0v) is 13.0. The summed E-state index contributed by atoms with van der Waals surface area (Å²) < 4.78 is 6.40. The van der Waals surface area contributed by atoms with Gasteiger partial charge in [-0.3, -0.25) is 4.79 Å². The number of halogens is 1. The molecule has 0 aliphatic carbocycles. The van der Waals surface area contributed by atoms with Crippen LogP contribution in [0.25, 0.3) is 0 Å². The first kappa shape index (κ1) is 16.9. The van der Waals surface area contributed by atoms with E-state index in [0.29, 0.717) is 12.2 Å². The molecule has 1 amide bonds. The van der Waals surface area contributed by atoms with Crippen LogP contribution in [-0.2, 0) is 4.79 Å². The molecule has 20 heavy (non-hydrogen) atoms. The van der Waals surface area contributed by atoms with E-state index in [9.17, 15) is 15.0 Å². The van der Waals surface area contributed by atoms with Crippen LogP contribution in [0.15, 0.2) is 28.7 Å². The van der Waals surface area contributed by atoms with Crippen LogP contribution in [0.3, 0.4) is 0 Å². The van der Waals surface area contributed by atoms with Crippen molar-refractivity contribution in [3.05, 3.63) is 28.7 Å². The maximum absolute atomic E-state index is 11.8. The van der Waals surface area contributed by atoms with Gasteiger partial charge in [0.15, 0.2) is 0 Å². The summed E-state index contributed by atoms with van der Waals surface area (Å²) in [6.45, 7) is 1.45. The third kappa shape index (κ3) is 5.11. The van der Waals surface area contributed by atoms with Gasteiger partial charge >= 0.3 is 0 Å². The zero-order valence-electron chi connectivity index (χ0n) is 11.4. The summed E-state index contributed by atoms with van der Waals surface area (Å²) in [6, 6.07) is 7.32. The lowest BCUT2D eigenvalue weighted by Crippen LogP contribution is -2.54. The highest BCUT2D eigenvalue weighted by molar-refractivity contribution is 9.10. The highest BCUT2D eigenvalue weighted by Gasteiger charge is 2.28. The third-order valence-electron chi connectivity index (χ3n) is 3.10. The number of aliphatic hydroxyl groups is 2. The molecule has 5 nitrogen and oxygen atoms in total. The topological polar surface area (TPSA) is 78.8 Å². The molecule has 0 heterocycles. The molecule has 0 bridgehead atoms. The fourth-order valence-corrected chi connectivity index (χ4v) is 1.86. The van der Waals surface area contributed by atoms with E-state index in [1.807, 2.05) is 12.1 Å². The molecular formula is C14H20BrNO4. The molecule has 0 atom stereocenters. The Morgan fingerprint density at radius 2 is 1.90 bits per heavy atom. The van der Waals surface area contributed by atoms with Crippen molar-refractivity contribution in [3.8, 4) is 5.75 Å². The Balaban J connectivity index is 2.38. The van der Waals surface area contributed by atoms with E-state index in [4.69, 9.17) is 4.74 Å². The number of carbonyl (C=O) groups is 1. The molecule has 0 aliphatic rings. The first-order chi connectivity index (χ1) is 9.55. The summed E-state index contributed by atoms with van der Waals surface area (Å²) in [5, 5.41) is 21.1. The summed E-state index contributed by atoms with van der Waals surface area (Å²) in [5.74, 6) is 0.430.